The highest BCUT2D eigenvalue weighted by molar-refractivity contribution is 9.21. The summed E-state index contributed by atoms with van der Waals surface area (Å²) in [5, 5.41) is 0. The maximum Gasteiger partial charge on any atom is 0.357 e. The molecule has 0 fully saturated rings. The maximum absolute atomic E-state index is 14.2. The highest BCUT2D eigenvalue weighted by Gasteiger charge is 2.43. The van der Waals surface area contributed by atoms with Crippen LogP contribution < -0.4 is 18.1 Å². The number of hydrogen-bond donors (Lipinski definition) is 0. The first kappa shape index (κ1) is 32.5. The zero-order chi connectivity index (χ0) is 29.7. The number of hydrogen-bond acceptors (Lipinski definition) is 9. The van der Waals surface area contributed by atoms with Crippen LogP contribution >= 0.6 is 49.5 Å². The highest BCUT2D eigenvalue weighted by atomic mass is 35.7. The Bertz CT molecular complexity index is 1460. The van der Waals surface area contributed by atoms with Gasteiger partial charge in [0.2, 0.25) is 0 Å². The van der Waals surface area contributed by atoms with E-state index >= 15 is 0 Å². The van der Waals surface area contributed by atoms with Crippen LogP contribution in [0, 0.1) is 27.7 Å². The topological polar surface area (TPSA) is 54.0 Å². The van der Waals surface area contributed by atoms with E-state index in [0.29, 0.717) is 23.0 Å². The minimum Gasteiger partial charge on any atom is -0.428 e. The van der Waals surface area contributed by atoms with Gasteiger partial charge in [0.25, 0.3) is 4.90 Å². The van der Waals surface area contributed by atoms with Gasteiger partial charge in [0.15, 0.2) is 0 Å². The van der Waals surface area contributed by atoms with Crippen molar-refractivity contribution in [2.24, 2.45) is 0 Å². The smallest absolute Gasteiger partial charge is 0.357 e. The van der Waals surface area contributed by atoms with Crippen molar-refractivity contribution in [3.05, 3.63) is 119 Å². The van der Waals surface area contributed by atoms with Crippen molar-refractivity contribution in [1.82, 2.24) is 0 Å². The molecular weight excluding hydrogens is 673 g/mol. The molecule has 0 atom stereocenters. The number of benzene rings is 4. The van der Waals surface area contributed by atoms with Gasteiger partial charge in [-0.25, -0.2) is 0 Å². The summed E-state index contributed by atoms with van der Waals surface area (Å²) in [5.74, 6) is 2.08. The van der Waals surface area contributed by atoms with Crippen molar-refractivity contribution in [2.45, 2.75) is 27.7 Å². The third-order valence-electron chi connectivity index (χ3n) is 5.61. The SMILES string of the molecule is Cc1ccccc1OP(=S)(Oc1ccccc1C)SP(=O)(Cl)SP(=S)(Oc1ccccc1C)Oc1ccccc1C. The lowest BCUT2D eigenvalue weighted by molar-refractivity contribution is 0.502. The Kier molecular flexibility index (Phi) is 11.0. The van der Waals surface area contributed by atoms with Crippen molar-refractivity contribution < 1.29 is 22.7 Å². The molecule has 13 heteroatoms. The Labute approximate surface area is 264 Å². The number of halogens is 1. The molecule has 216 valence electrons. The third kappa shape index (κ3) is 9.29. The molecule has 0 N–H and O–H groups in total. The van der Waals surface area contributed by atoms with Crippen LogP contribution in [-0.4, -0.2) is 0 Å². The van der Waals surface area contributed by atoms with Gasteiger partial charge in [-0.1, -0.05) is 72.8 Å². The molecule has 0 spiro atoms. The van der Waals surface area contributed by atoms with E-state index in [1.165, 1.54) is 0 Å². The predicted octanol–water partition coefficient (Wildman–Crippen LogP) is 11.8. The fraction of sp³-hybridized carbons (Fsp3) is 0.143. The van der Waals surface area contributed by atoms with E-state index in [-0.39, 0.29) is 0 Å². The molecule has 0 radical (unpaired) electrons. The van der Waals surface area contributed by atoms with Gasteiger partial charge in [0.05, 0.1) is 0 Å². The predicted molar refractivity (Wildman–Crippen MR) is 184 cm³/mol. The molecule has 0 unspecified atom stereocenters. The zero-order valence-corrected chi connectivity index (χ0v) is 29.3. The summed E-state index contributed by atoms with van der Waals surface area (Å²) in [6.45, 7) is 7.59. The molecule has 0 bridgehead atoms. The number of para-hydroxylation sites is 4. The first-order chi connectivity index (χ1) is 19.4. The largest absolute Gasteiger partial charge is 0.428 e. The summed E-state index contributed by atoms with van der Waals surface area (Å²) in [7, 11) is 0. The molecule has 4 aromatic carbocycles. The van der Waals surface area contributed by atoms with Crippen LogP contribution in [-0.2, 0) is 28.2 Å². The van der Waals surface area contributed by atoms with Crippen molar-refractivity contribution >= 4 is 73.1 Å². The van der Waals surface area contributed by atoms with Crippen LogP contribution in [0.15, 0.2) is 97.1 Å². The quantitative estimate of drug-likeness (QED) is 0.134. The van der Waals surface area contributed by atoms with Crippen LogP contribution in [0.2, 0.25) is 0 Å². The lowest BCUT2D eigenvalue weighted by Crippen LogP contribution is -2.01. The van der Waals surface area contributed by atoms with Crippen molar-refractivity contribution in [3.8, 4) is 23.0 Å². The average molecular weight is 701 g/mol. The van der Waals surface area contributed by atoms with Gasteiger partial charge in [0, 0.05) is 45.6 Å². The van der Waals surface area contributed by atoms with Crippen LogP contribution in [0.25, 0.3) is 0 Å². The van der Waals surface area contributed by atoms with E-state index in [4.69, 9.17) is 52.9 Å². The van der Waals surface area contributed by atoms with Gasteiger partial charge in [0.1, 0.15) is 23.0 Å². The standard InChI is InChI=1S/C28H28ClO5P3S4/c1-21-13-5-9-17-25(21)31-36(38,32-26-18-10-6-14-22(26)2)40-35(29,30)41-37(39,33-27-19-11-7-15-23(27)3)34-28-20-12-8-16-24(28)4/h5-20H,1-4H3. The minimum absolute atomic E-state index is 0.519. The zero-order valence-electron chi connectivity index (χ0n) is 22.6. The van der Waals surface area contributed by atoms with Gasteiger partial charge in [-0.05, 0) is 85.5 Å². The molecule has 4 aromatic rings. The van der Waals surface area contributed by atoms with E-state index in [0.717, 1.165) is 44.3 Å². The van der Waals surface area contributed by atoms with Crippen molar-refractivity contribution in [2.75, 3.05) is 0 Å². The summed E-state index contributed by atoms with van der Waals surface area (Å²) in [6.07, 6.45) is 0. The first-order valence-corrected chi connectivity index (χ1v) is 24.2. The molecular formula is C28H28ClO5P3S4. The van der Waals surface area contributed by atoms with Crippen molar-refractivity contribution in [3.63, 3.8) is 0 Å². The van der Waals surface area contributed by atoms with E-state index in [2.05, 4.69) is 0 Å². The molecule has 0 aliphatic heterocycles. The molecule has 0 heterocycles. The summed E-state index contributed by atoms with van der Waals surface area (Å²) >= 11 is 20.3. The molecule has 0 aliphatic carbocycles. The third-order valence-corrected chi connectivity index (χ3v) is 29.9. The van der Waals surface area contributed by atoms with Gasteiger partial charge < -0.3 is 18.1 Å². The molecule has 4 rings (SSSR count). The van der Waals surface area contributed by atoms with Crippen molar-refractivity contribution in [1.29, 1.82) is 0 Å². The number of rotatable bonds is 12. The fourth-order valence-corrected chi connectivity index (χ4v) is 37.3. The summed E-state index contributed by atoms with van der Waals surface area (Å²) in [5.41, 5.74) is -3.43. The molecule has 0 aromatic heterocycles. The normalized spacial score (nSPS) is 12.0. The van der Waals surface area contributed by atoms with Gasteiger partial charge in [-0.15, -0.1) is 0 Å². The molecule has 0 saturated heterocycles. The second-order valence-electron chi connectivity index (χ2n) is 8.92. The second-order valence-corrected chi connectivity index (χ2v) is 30.1. The Morgan fingerprint density at radius 1 is 0.512 bits per heavy atom. The van der Waals surface area contributed by atoms with Crippen LogP contribution in [0.4, 0.5) is 0 Å². The Morgan fingerprint density at radius 2 is 0.732 bits per heavy atom. The minimum atomic E-state index is -3.85. The number of aryl methyl sites for hydroxylation is 4. The Balaban J connectivity index is 1.70. The second kappa shape index (κ2) is 13.9. The highest BCUT2D eigenvalue weighted by Crippen LogP contribution is 2.92. The van der Waals surface area contributed by atoms with Gasteiger partial charge in [-0.3, -0.25) is 4.57 Å². The summed E-state index contributed by atoms with van der Waals surface area (Å²) in [6, 6.07) is 29.7. The molecule has 0 saturated carbocycles. The maximum atomic E-state index is 14.2. The monoisotopic (exact) mass is 700 g/mol. The van der Waals surface area contributed by atoms with E-state index in [1.54, 1.807) is 24.3 Å². The lowest BCUT2D eigenvalue weighted by Gasteiger charge is -2.28. The van der Waals surface area contributed by atoms with Crippen LogP contribution in [0.5, 0.6) is 23.0 Å². The summed E-state index contributed by atoms with van der Waals surface area (Å²) < 4.78 is 39.5. The summed E-state index contributed by atoms with van der Waals surface area (Å²) in [4.78, 5) is -3.85. The van der Waals surface area contributed by atoms with E-state index in [9.17, 15) is 4.57 Å². The fourth-order valence-electron chi connectivity index (χ4n) is 3.47. The lowest BCUT2D eigenvalue weighted by atomic mass is 10.2. The van der Waals surface area contributed by atoms with E-state index in [1.807, 2.05) is 100 Å². The van der Waals surface area contributed by atoms with Crippen LogP contribution in [0.1, 0.15) is 22.3 Å². The molecule has 5 nitrogen and oxygen atoms in total. The first-order valence-electron chi connectivity index (χ1n) is 12.3. The Hall–Kier alpha value is -1.40. The van der Waals surface area contributed by atoms with Gasteiger partial charge >= 0.3 is 11.4 Å². The van der Waals surface area contributed by atoms with Crippen LogP contribution in [0.3, 0.4) is 0 Å². The molecule has 41 heavy (non-hydrogen) atoms. The molecule has 0 aliphatic rings. The van der Waals surface area contributed by atoms with Gasteiger partial charge in [-0.2, -0.15) is 0 Å². The average Bonchev–Trinajstić information content (AvgIpc) is 2.89. The molecule has 0 amide bonds. The van der Waals surface area contributed by atoms with E-state index < -0.39 is 16.3 Å². The Morgan fingerprint density at radius 3 is 0.951 bits per heavy atom.